The Morgan fingerprint density at radius 2 is 1.12 bits per heavy atom. The highest BCUT2D eigenvalue weighted by Gasteiger charge is 2.58. The molecule has 0 aromatic carbocycles. The Morgan fingerprint density at radius 3 is 1.31 bits per heavy atom. The van der Waals surface area contributed by atoms with Crippen molar-refractivity contribution >= 4 is 19.5 Å². The molecule has 0 aromatic heterocycles. The van der Waals surface area contributed by atoms with E-state index in [4.69, 9.17) is 27.8 Å². The second-order valence-electron chi connectivity index (χ2n) is 3.28. The van der Waals surface area contributed by atoms with Gasteiger partial charge < -0.3 is 27.8 Å². The quantitative estimate of drug-likeness (QED) is 0.389. The Kier molecular flexibility index (Phi) is 6.90. The molecule has 6 nitrogen and oxygen atoms in total. The van der Waals surface area contributed by atoms with Crippen molar-refractivity contribution in [1.82, 2.24) is 0 Å². The van der Waals surface area contributed by atoms with Gasteiger partial charge in [-0.05, 0) is 0 Å². The van der Waals surface area contributed by atoms with E-state index in [1.807, 2.05) is 0 Å². The zero-order valence-electron chi connectivity index (χ0n) is 11.0. The van der Waals surface area contributed by atoms with Crippen LogP contribution >= 0.6 is 0 Å². The molecule has 0 N–H and O–H groups in total. The standard InChI is InChI=1S/C8H22O6Si2/c1-9-7(10-2,11-3)8(15,12-4)16(13-5)14-6/h16H,1-6,15H3. The summed E-state index contributed by atoms with van der Waals surface area (Å²) < 4.78 is 32.2. The van der Waals surface area contributed by atoms with Gasteiger partial charge in [0.05, 0.1) is 10.2 Å². The fourth-order valence-corrected chi connectivity index (χ4v) is 5.72. The Labute approximate surface area is 101 Å². The third-order valence-electron chi connectivity index (χ3n) is 2.72. The molecule has 0 spiro atoms. The first-order chi connectivity index (χ1) is 7.51. The lowest BCUT2D eigenvalue weighted by Gasteiger charge is -2.45. The van der Waals surface area contributed by atoms with Crippen molar-refractivity contribution in [3.63, 3.8) is 0 Å². The minimum absolute atomic E-state index is 0.572. The van der Waals surface area contributed by atoms with E-state index in [1.54, 1.807) is 21.3 Å². The maximum Gasteiger partial charge on any atom is 0.358 e. The van der Waals surface area contributed by atoms with Crippen LogP contribution in [0.25, 0.3) is 0 Å². The van der Waals surface area contributed by atoms with Crippen molar-refractivity contribution < 1.29 is 27.8 Å². The summed E-state index contributed by atoms with van der Waals surface area (Å²) in [6.07, 6.45) is 0. The fraction of sp³-hybridized carbons (Fsp3) is 1.00. The lowest BCUT2D eigenvalue weighted by Crippen LogP contribution is -2.69. The van der Waals surface area contributed by atoms with Crippen LogP contribution in [0.2, 0.25) is 0 Å². The highest BCUT2D eigenvalue weighted by Crippen LogP contribution is 2.31. The molecule has 0 saturated heterocycles. The lowest BCUT2D eigenvalue weighted by atomic mass is 10.5. The largest absolute Gasteiger partial charge is 0.398 e. The molecule has 0 aliphatic heterocycles. The van der Waals surface area contributed by atoms with E-state index in [-0.39, 0.29) is 0 Å². The molecule has 0 radical (unpaired) electrons. The molecular weight excluding hydrogens is 248 g/mol. The molecule has 0 aliphatic carbocycles. The van der Waals surface area contributed by atoms with Crippen molar-refractivity contribution in [2.75, 3.05) is 42.7 Å². The number of methoxy groups -OCH3 is 4. The molecule has 8 heteroatoms. The zero-order valence-corrected chi connectivity index (χ0v) is 14.2. The Bertz CT molecular complexity index is 189. The van der Waals surface area contributed by atoms with Gasteiger partial charge in [-0.1, -0.05) is 0 Å². The van der Waals surface area contributed by atoms with Gasteiger partial charge in [-0.15, -0.1) is 0 Å². The minimum atomic E-state index is -2.14. The van der Waals surface area contributed by atoms with Gasteiger partial charge >= 0.3 is 15.3 Å². The van der Waals surface area contributed by atoms with Crippen LogP contribution in [0, 0.1) is 0 Å². The van der Waals surface area contributed by atoms with E-state index in [0.717, 1.165) is 0 Å². The Hall–Kier alpha value is 0.194. The third kappa shape index (κ3) is 2.54. The van der Waals surface area contributed by atoms with Gasteiger partial charge in [0.25, 0.3) is 0 Å². The predicted octanol–water partition coefficient (Wildman–Crippen LogP) is -1.66. The summed E-state index contributed by atoms with van der Waals surface area (Å²) in [5.74, 6) is -1.29. The van der Waals surface area contributed by atoms with Crippen LogP contribution in [0.3, 0.4) is 0 Å². The van der Waals surface area contributed by atoms with E-state index >= 15 is 0 Å². The monoisotopic (exact) mass is 270 g/mol. The van der Waals surface area contributed by atoms with Crippen LogP contribution in [0.15, 0.2) is 0 Å². The summed E-state index contributed by atoms with van der Waals surface area (Å²) in [6, 6.07) is 0. The second kappa shape index (κ2) is 6.81. The smallest absolute Gasteiger partial charge is 0.358 e. The molecular formula is C8H22O6Si2. The molecule has 0 bridgehead atoms. The van der Waals surface area contributed by atoms with E-state index in [0.29, 0.717) is 10.2 Å². The van der Waals surface area contributed by atoms with Gasteiger partial charge in [0.15, 0.2) is 4.85 Å². The molecule has 16 heavy (non-hydrogen) atoms. The van der Waals surface area contributed by atoms with Gasteiger partial charge in [0, 0.05) is 42.7 Å². The first kappa shape index (κ1) is 16.2. The van der Waals surface area contributed by atoms with Crippen LogP contribution in [-0.4, -0.2) is 73.0 Å². The fourth-order valence-electron chi connectivity index (χ4n) is 1.77. The van der Waals surface area contributed by atoms with Crippen molar-refractivity contribution in [3.05, 3.63) is 0 Å². The number of hydrogen-bond donors (Lipinski definition) is 0. The molecule has 1 atom stereocenters. The molecule has 0 aromatic rings. The lowest BCUT2D eigenvalue weighted by molar-refractivity contribution is -0.391. The summed E-state index contributed by atoms with van der Waals surface area (Å²) in [6.45, 7) is 0. The van der Waals surface area contributed by atoms with Crippen LogP contribution in [0.1, 0.15) is 0 Å². The van der Waals surface area contributed by atoms with Crippen molar-refractivity contribution in [2.45, 2.75) is 10.8 Å². The predicted molar refractivity (Wildman–Crippen MR) is 64.6 cm³/mol. The van der Waals surface area contributed by atoms with Crippen molar-refractivity contribution in [1.29, 1.82) is 0 Å². The van der Waals surface area contributed by atoms with Crippen LogP contribution < -0.4 is 0 Å². The number of hydrogen-bond acceptors (Lipinski definition) is 6. The van der Waals surface area contributed by atoms with Crippen LogP contribution in [-0.2, 0) is 27.8 Å². The van der Waals surface area contributed by atoms with Gasteiger partial charge in [0.2, 0.25) is 0 Å². The maximum absolute atomic E-state index is 5.52. The van der Waals surface area contributed by atoms with E-state index in [2.05, 4.69) is 0 Å². The summed E-state index contributed by atoms with van der Waals surface area (Å²) in [5.41, 5.74) is 0. The minimum Gasteiger partial charge on any atom is -0.398 e. The van der Waals surface area contributed by atoms with Crippen LogP contribution in [0.5, 0.6) is 0 Å². The molecule has 0 rings (SSSR count). The molecule has 0 saturated carbocycles. The normalized spacial score (nSPS) is 16.7. The van der Waals surface area contributed by atoms with E-state index in [9.17, 15) is 0 Å². The average Bonchev–Trinajstić information content (AvgIpc) is 2.33. The SMILES string of the molecule is CO[SiH](OC)C([SiH3])(OC)C(OC)(OC)OC. The summed E-state index contributed by atoms with van der Waals surface area (Å²) in [7, 11) is 7.65. The van der Waals surface area contributed by atoms with Crippen molar-refractivity contribution in [3.8, 4) is 0 Å². The van der Waals surface area contributed by atoms with Gasteiger partial charge in [-0.3, -0.25) is 0 Å². The molecule has 98 valence electrons. The van der Waals surface area contributed by atoms with Crippen molar-refractivity contribution in [2.24, 2.45) is 0 Å². The third-order valence-corrected chi connectivity index (χ3v) is 7.50. The average molecular weight is 270 g/mol. The maximum atomic E-state index is 5.52. The number of rotatable bonds is 8. The van der Waals surface area contributed by atoms with Crippen LogP contribution in [0.4, 0.5) is 0 Å². The Balaban J connectivity index is 5.31. The summed E-state index contributed by atoms with van der Waals surface area (Å²) in [5, 5.41) is 0. The molecule has 1 unspecified atom stereocenters. The Morgan fingerprint density at radius 1 is 0.750 bits per heavy atom. The van der Waals surface area contributed by atoms with Gasteiger partial charge in [-0.2, -0.15) is 0 Å². The number of ether oxygens (including phenoxy) is 4. The first-order valence-electron chi connectivity index (χ1n) is 4.78. The zero-order chi connectivity index (χ0) is 12.8. The summed E-state index contributed by atoms with van der Waals surface area (Å²) in [4.78, 5) is -0.811. The van der Waals surface area contributed by atoms with E-state index < -0.39 is 20.1 Å². The van der Waals surface area contributed by atoms with Gasteiger partial charge in [0.1, 0.15) is 0 Å². The molecule has 0 fully saturated rings. The second-order valence-corrected chi connectivity index (χ2v) is 8.63. The molecule has 0 amide bonds. The first-order valence-corrected chi connectivity index (χ1v) is 7.30. The molecule has 0 heterocycles. The van der Waals surface area contributed by atoms with E-state index in [1.165, 1.54) is 21.3 Å². The highest BCUT2D eigenvalue weighted by atomic mass is 28.3. The highest BCUT2D eigenvalue weighted by molar-refractivity contribution is 6.60. The molecule has 0 aliphatic rings. The summed E-state index contributed by atoms with van der Waals surface area (Å²) >= 11 is 0. The topological polar surface area (TPSA) is 55.4 Å². The van der Waals surface area contributed by atoms with Gasteiger partial charge in [-0.25, -0.2) is 0 Å².